The zero-order valence-corrected chi connectivity index (χ0v) is 17.5. The van der Waals surface area contributed by atoms with Crippen molar-refractivity contribution in [3.63, 3.8) is 0 Å². The minimum absolute atomic E-state index is 0.106. The van der Waals surface area contributed by atoms with E-state index < -0.39 is 5.97 Å². The molecule has 3 aromatic carbocycles. The number of ether oxygens (including phenoxy) is 1. The fourth-order valence-corrected chi connectivity index (χ4v) is 4.17. The molecule has 1 N–H and O–H groups in total. The van der Waals surface area contributed by atoms with Gasteiger partial charge in [-0.2, -0.15) is 0 Å². The van der Waals surface area contributed by atoms with Gasteiger partial charge in [0, 0.05) is 25.1 Å². The third kappa shape index (κ3) is 5.23. The first-order valence-electron chi connectivity index (χ1n) is 10.8. The van der Waals surface area contributed by atoms with E-state index in [1.807, 2.05) is 53.4 Å². The lowest BCUT2D eigenvalue weighted by atomic mass is 9.89. The van der Waals surface area contributed by atoms with E-state index in [2.05, 4.69) is 18.2 Å². The zero-order chi connectivity index (χ0) is 21.6. The first kappa shape index (κ1) is 20.9. The van der Waals surface area contributed by atoms with Crippen molar-refractivity contribution >= 4 is 22.6 Å². The van der Waals surface area contributed by atoms with Crippen molar-refractivity contribution in [1.29, 1.82) is 0 Å². The molecule has 31 heavy (non-hydrogen) atoms. The first-order chi connectivity index (χ1) is 15.1. The van der Waals surface area contributed by atoms with Gasteiger partial charge in [-0.05, 0) is 65.8 Å². The van der Waals surface area contributed by atoms with Crippen molar-refractivity contribution in [3.05, 3.63) is 77.9 Å². The molecule has 0 radical (unpaired) electrons. The quantitative estimate of drug-likeness (QED) is 0.543. The number of carbonyl (C=O) groups is 2. The van der Waals surface area contributed by atoms with Crippen molar-refractivity contribution in [3.8, 4) is 5.75 Å². The summed E-state index contributed by atoms with van der Waals surface area (Å²) < 4.78 is 5.61. The maximum atomic E-state index is 13.0. The van der Waals surface area contributed by atoms with Gasteiger partial charge in [0.2, 0.25) is 0 Å². The largest absolute Gasteiger partial charge is 0.494 e. The smallest absolute Gasteiger partial charge is 0.303 e. The Balaban J connectivity index is 1.30. The molecule has 1 heterocycles. The van der Waals surface area contributed by atoms with Gasteiger partial charge in [0.05, 0.1) is 6.61 Å². The topological polar surface area (TPSA) is 66.8 Å². The molecule has 1 amide bonds. The van der Waals surface area contributed by atoms with E-state index in [1.165, 1.54) is 5.56 Å². The maximum Gasteiger partial charge on any atom is 0.303 e. The highest BCUT2D eigenvalue weighted by atomic mass is 16.5. The Morgan fingerprint density at radius 3 is 2.35 bits per heavy atom. The Labute approximate surface area is 182 Å². The molecule has 1 fully saturated rings. The van der Waals surface area contributed by atoms with Crippen molar-refractivity contribution in [2.75, 3.05) is 19.7 Å². The lowest BCUT2D eigenvalue weighted by molar-refractivity contribution is -0.137. The molecule has 5 nitrogen and oxygen atoms in total. The first-order valence-corrected chi connectivity index (χ1v) is 10.8. The van der Waals surface area contributed by atoms with Crippen LogP contribution in [0.3, 0.4) is 0 Å². The maximum absolute atomic E-state index is 13.0. The Morgan fingerprint density at radius 1 is 0.935 bits per heavy atom. The van der Waals surface area contributed by atoms with Crippen molar-refractivity contribution in [1.82, 2.24) is 4.90 Å². The van der Waals surface area contributed by atoms with E-state index in [0.717, 1.165) is 48.0 Å². The number of rotatable bonds is 7. The molecule has 5 heteroatoms. The standard InChI is InChI=1S/C26H27NO4/c28-25(29)6-3-17-31-24-11-9-20(10-12-24)21-13-15-27(16-14-21)26(30)23-8-7-19-4-1-2-5-22(19)18-23/h1-2,4-5,7-12,18,21H,3,6,13-17H2,(H,28,29). The van der Waals surface area contributed by atoms with E-state index in [9.17, 15) is 9.59 Å². The molecule has 0 aromatic heterocycles. The molecule has 3 aromatic rings. The highest BCUT2D eigenvalue weighted by Crippen LogP contribution is 2.30. The molecule has 160 valence electrons. The fourth-order valence-electron chi connectivity index (χ4n) is 4.17. The van der Waals surface area contributed by atoms with Crippen LogP contribution in [0.5, 0.6) is 5.75 Å². The van der Waals surface area contributed by atoms with Crippen LogP contribution < -0.4 is 4.74 Å². The Bertz CT molecular complexity index is 1050. The molecule has 0 unspecified atom stereocenters. The van der Waals surface area contributed by atoms with Gasteiger partial charge < -0.3 is 14.7 Å². The number of carbonyl (C=O) groups excluding carboxylic acids is 1. The second kappa shape index (κ2) is 9.65. The molecule has 0 aliphatic carbocycles. The SMILES string of the molecule is O=C(O)CCCOc1ccc(C2CCN(C(=O)c3ccc4ccccc4c3)CC2)cc1. The van der Waals surface area contributed by atoms with Crippen LogP contribution in [0.25, 0.3) is 10.8 Å². The number of hydrogen-bond acceptors (Lipinski definition) is 3. The number of carboxylic acids is 1. The highest BCUT2D eigenvalue weighted by Gasteiger charge is 2.24. The second-order valence-corrected chi connectivity index (χ2v) is 8.04. The Morgan fingerprint density at radius 2 is 1.65 bits per heavy atom. The van der Waals surface area contributed by atoms with Gasteiger partial charge in [0.25, 0.3) is 5.91 Å². The summed E-state index contributed by atoms with van der Waals surface area (Å²) in [6.45, 7) is 1.91. The summed E-state index contributed by atoms with van der Waals surface area (Å²) >= 11 is 0. The van der Waals surface area contributed by atoms with E-state index in [0.29, 0.717) is 18.9 Å². The lowest BCUT2D eigenvalue weighted by Gasteiger charge is -2.32. The van der Waals surface area contributed by atoms with Crippen LogP contribution in [0.15, 0.2) is 66.7 Å². The van der Waals surface area contributed by atoms with E-state index in [4.69, 9.17) is 9.84 Å². The van der Waals surface area contributed by atoms with Crippen LogP contribution in [0, 0.1) is 0 Å². The summed E-state index contributed by atoms with van der Waals surface area (Å²) in [6.07, 6.45) is 2.51. The minimum Gasteiger partial charge on any atom is -0.494 e. The normalized spacial score (nSPS) is 14.5. The van der Waals surface area contributed by atoms with Crippen molar-refractivity contribution in [2.24, 2.45) is 0 Å². The molecule has 0 atom stereocenters. The molecule has 1 aliphatic rings. The summed E-state index contributed by atoms with van der Waals surface area (Å²) in [5.41, 5.74) is 2.01. The summed E-state index contributed by atoms with van der Waals surface area (Å²) in [6, 6.07) is 22.1. The molecule has 0 spiro atoms. The van der Waals surface area contributed by atoms with Crippen molar-refractivity contribution in [2.45, 2.75) is 31.6 Å². The monoisotopic (exact) mass is 417 g/mol. The molecule has 4 rings (SSSR count). The van der Waals surface area contributed by atoms with Crippen LogP contribution in [-0.2, 0) is 4.79 Å². The number of carboxylic acid groups (broad SMARTS) is 1. The number of piperidine rings is 1. The average Bonchev–Trinajstić information content (AvgIpc) is 2.81. The van der Waals surface area contributed by atoms with Crippen LogP contribution >= 0.6 is 0 Å². The molecule has 0 bridgehead atoms. The number of fused-ring (bicyclic) bond motifs is 1. The van der Waals surface area contributed by atoms with E-state index in [-0.39, 0.29) is 12.3 Å². The van der Waals surface area contributed by atoms with E-state index >= 15 is 0 Å². The number of hydrogen-bond donors (Lipinski definition) is 1. The zero-order valence-electron chi connectivity index (χ0n) is 17.5. The summed E-state index contributed by atoms with van der Waals surface area (Å²) in [4.78, 5) is 25.5. The molecular weight excluding hydrogens is 390 g/mol. The van der Waals surface area contributed by atoms with Crippen LogP contribution in [0.4, 0.5) is 0 Å². The molecule has 1 aliphatic heterocycles. The molecule has 0 saturated carbocycles. The van der Waals surface area contributed by atoms with Gasteiger partial charge in [-0.15, -0.1) is 0 Å². The third-order valence-electron chi connectivity index (χ3n) is 5.93. The van der Waals surface area contributed by atoms with Crippen molar-refractivity contribution < 1.29 is 19.4 Å². The highest BCUT2D eigenvalue weighted by molar-refractivity contribution is 5.98. The van der Waals surface area contributed by atoms with Crippen LogP contribution in [0.2, 0.25) is 0 Å². The van der Waals surface area contributed by atoms with Gasteiger partial charge >= 0.3 is 5.97 Å². The third-order valence-corrected chi connectivity index (χ3v) is 5.93. The predicted molar refractivity (Wildman–Crippen MR) is 121 cm³/mol. The van der Waals surface area contributed by atoms with Crippen LogP contribution in [0.1, 0.15) is 47.5 Å². The van der Waals surface area contributed by atoms with Gasteiger partial charge in [0.1, 0.15) is 5.75 Å². The van der Waals surface area contributed by atoms with Gasteiger partial charge in [-0.3, -0.25) is 9.59 Å². The second-order valence-electron chi connectivity index (χ2n) is 8.04. The summed E-state index contributed by atoms with van der Waals surface area (Å²) in [7, 11) is 0. The summed E-state index contributed by atoms with van der Waals surface area (Å²) in [5, 5.41) is 10.9. The van der Waals surface area contributed by atoms with Gasteiger partial charge in [-0.1, -0.05) is 42.5 Å². The minimum atomic E-state index is -0.801. The van der Waals surface area contributed by atoms with Gasteiger partial charge in [0.15, 0.2) is 0 Å². The predicted octanol–water partition coefficient (Wildman–Crippen LogP) is 5.10. The van der Waals surface area contributed by atoms with Crippen LogP contribution in [-0.4, -0.2) is 41.6 Å². The van der Waals surface area contributed by atoms with Gasteiger partial charge in [-0.25, -0.2) is 0 Å². The Hall–Kier alpha value is -3.34. The summed E-state index contributed by atoms with van der Waals surface area (Å²) in [5.74, 6) is 0.499. The Kier molecular flexibility index (Phi) is 6.51. The fraction of sp³-hybridized carbons (Fsp3) is 0.308. The number of benzene rings is 3. The number of likely N-dealkylation sites (tertiary alicyclic amines) is 1. The molecule has 1 saturated heterocycles. The number of amides is 1. The number of aliphatic carboxylic acids is 1. The average molecular weight is 418 g/mol. The lowest BCUT2D eigenvalue weighted by Crippen LogP contribution is -2.37. The van der Waals surface area contributed by atoms with E-state index in [1.54, 1.807) is 0 Å². The number of nitrogens with zero attached hydrogens (tertiary/aromatic N) is 1. The molecular formula is C26H27NO4.